The Balaban J connectivity index is 2.82. The minimum absolute atomic E-state index is 0.0987. The number of nitrogens with one attached hydrogen (secondary N) is 4. The quantitative estimate of drug-likeness (QED) is 0.288. The number of hydrogen-bond donors (Lipinski definition) is 6. The van der Waals surface area contributed by atoms with Gasteiger partial charge in [-0.2, -0.15) is 5.26 Å². The first-order chi connectivity index (χ1) is 10.3. The Labute approximate surface area is 122 Å². The molecule has 11 heteroatoms. The lowest BCUT2D eigenvalue weighted by Gasteiger charge is -2.11. The standard InChI is InChI=1S/C11H9N5O6/c12-4-5-1-6(13-15-8(17)10(19)20)3-7(2-5)14-16-9(18)11(21)22/h1-3,13-14H,(H,15,17)(H,16,18)(H,19,20)(H,21,22). The first-order valence-electron chi connectivity index (χ1n) is 5.47. The van der Waals surface area contributed by atoms with E-state index in [0.717, 1.165) is 0 Å². The predicted octanol–water partition coefficient (Wildman–Crippen LogP) is -1.39. The molecule has 6 N–H and O–H groups in total. The molecular formula is C11H9N5O6. The maximum atomic E-state index is 10.9. The molecule has 0 radical (unpaired) electrons. The zero-order valence-corrected chi connectivity index (χ0v) is 10.7. The summed E-state index contributed by atoms with van der Waals surface area (Å²) in [4.78, 5) is 42.4. The first kappa shape index (κ1) is 16.2. The van der Waals surface area contributed by atoms with Gasteiger partial charge in [-0.25, -0.2) is 9.59 Å². The average molecular weight is 307 g/mol. The van der Waals surface area contributed by atoms with Gasteiger partial charge in [-0.3, -0.25) is 31.3 Å². The summed E-state index contributed by atoms with van der Waals surface area (Å²) in [7, 11) is 0. The molecule has 0 bridgehead atoms. The fraction of sp³-hybridized carbons (Fsp3) is 0. The lowest BCUT2D eigenvalue weighted by molar-refractivity contribution is -0.150. The number of aliphatic carboxylic acids is 2. The Hall–Kier alpha value is -3.81. The highest BCUT2D eigenvalue weighted by molar-refractivity contribution is 6.32. The van der Waals surface area contributed by atoms with Gasteiger partial charge < -0.3 is 10.2 Å². The fourth-order valence-electron chi connectivity index (χ4n) is 1.20. The van der Waals surface area contributed by atoms with Gasteiger partial charge in [0.25, 0.3) is 0 Å². The maximum absolute atomic E-state index is 10.9. The minimum atomic E-state index is -1.71. The fourth-order valence-corrected chi connectivity index (χ4v) is 1.20. The van der Waals surface area contributed by atoms with Gasteiger partial charge in [0.1, 0.15) is 0 Å². The van der Waals surface area contributed by atoms with Crippen molar-refractivity contribution in [3.63, 3.8) is 0 Å². The van der Waals surface area contributed by atoms with Gasteiger partial charge in [0, 0.05) is 0 Å². The Morgan fingerprint density at radius 3 is 1.59 bits per heavy atom. The van der Waals surface area contributed by atoms with E-state index in [1.807, 2.05) is 10.9 Å². The molecule has 0 saturated heterocycles. The molecular weight excluding hydrogens is 298 g/mol. The van der Waals surface area contributed by atoms with Crippen molar-refractivity contribution in [2.45, 2.75) is 0 Å². The molecule has 0 heterocycles. The molecule has 114 valence electrons. The zero-order valence-electron chi connectivity index (χ0n) is 10.7. The molecule has 0 fully saturated rings. The van der Waals surface area contributed by atoms with Crippen molar-refractivity contribution in [2.24, 2.45) is 0 Å². The molecule has 0 unspecified atom stereocenters. The molecule has 0 aliphatic carbocycles. The maximum Gasteiger partial charge on any atom is 0.396 e. The highest BCUT2D eigenvalue weighted by atomic mass is 16.4. The van der Waals surface area contributed by atoms with Crippen molar-refractivity contribution in [3.8, 4) is 6.07 Å². The second-order valence-corrected chi connectivity index (χ2v) is 3.68. The molecule has 1 aromatic carbocycles. The average Bonchev–Trinajstić information content (AvgIpc) is 2.49. The van der Waals surface area contributed by atoms with Gasteiger partial charge in [-0.15, -0.1) is 0 Å². The number of benzene rings is 1. The Bertz CT molecular complexity index is 632. The topological polar surface area (TPSA) is 181 Å². The third-order valence-electron chi connectivity index (χ3n) is 2.09. The van der Waals surface area contributed by atoms with Crippen LogP contribution in [0.4, 0.5) is 11.4 Å². The van der Waals surface area contributed by atoms with Crippen LogP contribution in [0.15, 0.2) is 18.2 Å². The second-order valence-electron chi connectivity index (χ2n) is 3.68. The van der Waals surface area contributed by atoms with Gasteiger partial charge in [-0.05, 0) is 18.2 Å². The first-order valence-corrected chi connectivity index (χ1v) is 5.47. The number of nitriles is 1. The third kappa shape index (κ3) is 4.70. The van der Waals surface area contributed by atoms with Crippen molar-refractivity contribution in [1.29, 1.82) is 5.26 Å². The number of carbonyl (C=O) groups excluding carboxylic acids is 2. The highest BCUT2D eigenvalue weighted by Crippen LogP contribution is 2.17. The summed E-state index contributed by atoms with van der Waals surface area (Å²) in [6, 6.07) is 5.64. The monoisotopic (exact) mass is 307 g/mol. The van der Waals surface area contributed by atoms with E-state index in [1.54, 1.807) is 6.07 Å². The number of hydrazine groups is 2. The second kappa shape index (κ2) is 7.10. The van der Waals surface area contributed by atoms with Gasteiger partial charge in [0.05, 0.1) is 23.0 Å². The SMILES string of the molecule is N#Cc1cc(NNC(=O)C(=O)O)cc(NNC(=O)C(=O)O)c1. The molecule has 0 atom stereocenters. The number of amides is 2. The van der Waals surface area contributed by atoms with E-state index in [4.69, 9.17) is 15.5 Å². The molecule has 0 saturated carbocycles. The van der Waals surface area contributed by atoms with Crippen LogP contribution in [0.25, 0.3) is 0 Å². The number of rotatable bonds is 4. The summed E-state index contributed by atoms with van der Waals surface area (Å²) < 4.78 is 0. The van der Waals surface area contributed by atoms with Crippen LogP contribution < -0.4 is 21.7 Å². The summed E-state index contributed by atoms with van der Waals surface area (Å²) in [6.45, 7) is 0. The molecule has 22 heavy (non-hydrogen) atoms. The van der Waals surface area contributed by atoms with Crippen LogP contribution in [0, 0.1) is 11.3 Å². The lowest BCUT2D eigenvalue weighted by atomic mass is 10.2. The van der Waals surface area contributed by atoms with Crippen LogP contribution in [0.3, 0.4) is 0 Å². The highest BCUT2D eigenvalue weighted by Gasteiger charge is 2.12. The van der Waals surface area contributed by atoms with Crippen molar-refractivity contribution < 1.29 is 29.4 Å². The largest absolute Gasteiger partial charge is 0.474 e. The minimum Gasteiger partial charge on any atom is -0.474 e. The van der Waals surface area contributed by atoms with E-state index in [0.29, 0.717) is 0 Å². The van der Waals surface area contributed by atoms with E-state index >= 15 is 0 Å². The van der Waals surface area contributed by atoms with Gasteiger partial charge in [-0.1, -0.05) is 0 Å². The van der Waals surface area contributed by atoms with Crippen LogP contribution in [0.5, 0.6) is 0 Å². The van der Waals surface area contributed by atoms with Crippen LogP contribution >= 0.6 is 0 Å². The summed E-state index contributed by atoms with van der Waals surface area (Å²) in [5.41, 5.74) is 8.56. The summed E-state index contributed by atoms with van der Waals surface area (Å²) in [5, 5.41) is 25.6. The van der Waals surface area contributed by atoms with Crippen LogP contribution in [0.1, 0.15) is 5.56 Å². The van der Waals surface area contributed by atoms with E-state index in [2.05, 4.69) is 10.9 Å². The van der Waals surface area contributed by atoms with Crippen LogP contribution in [-0.4, -0.2) is 34.0 Å². The Morgan fingerprint density at radius 2 is 1.27 bits per heavy atom. The Morgan fingerprint density at radius 1 is 0.864 bits per heavy atom. The van der Waals surface area contributed by atoms with Crippen molar-refractivity contribution in [3.05, 3.63) is 23.8 Å². The van der Waals surface area contributed by atoms with E-state index in [1.165, 1.54) is 18.2 Å². The molecule has 0 aliphatic rings. The number of carboxylic acids is 2. The van der Waals surface area contributed by atoms with E-state index in [-0.39, 0.29) is 16.9 Å². The molecule has 0 aromatic heterocycles. The summed E-state index contributed by atoms with van der Waals surface area (Å²) in [5.74, 6) is -6.07. The van der Waals surface area contributed by atoms with Gasteiger partial charge in [0.15, 0.2) is 0 Å². The number of carbonyl (C=O) groups is 4. The molecule has 0 spiro atoms. The number of nitrogens with zero attached hydrogens (tertiary/aromatic N) is 1. The molecule has 0 aliphatic heterocycles. The van der Waals surface area contributed by atoms with Gasteiger partial charge >= 0.3 is 23.8 Å². The normalized spacial score (nSPS) is 9.05. The third-order valence-corrected chi connectivity index (χ3v) is 2.09. The van der Waals surface area contributed by atoms with Crippen molar-refractivity contribution in [1.82, 2.24) is 10.9 Å². The molecule has 1 rings (SSSR count). The summed E-state index contributed by atoms with van der Waals surface area (Å²) >= 11 is 0. The Kier molecular flexibility index (Phi) is 5.24. The lowest BCUT2D eigenvalue weighted by Crippen LogP contribution is -2.36. The molecule has 2 amide bonds. The molecule has 1 aromatic rings. The number of anilines is 2. The summed E-state index contributed by atoms with van der Waals surface area (Å²) in [6.07, 6.45) is 0. The van der Waals surface area contributed by atoms with Crippen LogP contribution in [-0.2, 0) is 19.2 Å². The van der Waals surface area contributed by atoms with Gasteiger partial charge in [0.2, 0.25) is 0 Å². The zero-order chi connectivity index (χ0) is 16.7. The molecule has 11 nitrogen and oxygen atoms in total. The number of carboxylic acid groups (broad SMARTS) is 2. The smallest absolute Gasteiger partial charge is 0.396 e. The number of hydrogen-bond acceptors (Lipinski definition) is 7. The van der Waals surface area contributed by atoms with Crippen molar-refractivity contribution in [2.75, 3.05) is 10.9 Å². The van der Waals surface area contributed by atoms with Crippen molar-refractivity contribution >= 4 is 35.1 Å². The van der Waals surface area contributed by atoms with E-state index < -0.39 is 23.8 Å². The van der Waals surface area contributed by atoms with Crippen LogP contribution in [0.2, 0.25) is 0 Å². The van der Waals surface area contributed by atoms with E-state index in [9.17, 15) is 19.2 Å². The predicted molar refractivity (Wildman–Crippen MR) is 70.0 cm³/mol.